The van der Waals surface area contributed by atoms with Gasteiger partial charge in [-0.1, -0.05) is 42.5 Å². The third-order valence-electron chi connectivity index (χ3n) is 4.16. The molecule has 0 saturated heterocycles. The molecule has 0 heterocycles. The van der Waals surface area contributed by atoms with E-state index in [1.807, 2.05) is 6.07 Å². The highest BCUT2D eigenvalue weighted by atomic mass is 16.1. The Bertz CT molecular complexity index is 626. The second-order valence-corrected chi connectivity index (χ2v) is 5.51. The van der Waals surface area contributed by atoms with Crippen LogP contribution in [-0.2, 0) is 17.6 Å². The monoisotopic (exact) mass is 250 g/mol. The first-order valence-corrected chi connectivity index (χ1v) is 6.83. The van der Waals surface area contributed by atoms with Crippen molar-refractivity contribution in [1.82, 2.24) is 0 Å². The Morgan fingerprint density at radius 1 is 1.05 bits per heavy atom. The summed E-state index contributed by atoms with van der Waals surface area (Å²) in [5.41, 5.74) is 6.58. The van der Waals surface area contributed by atoms with E-state index in [1.54, 1.807) is 6.92 Å². The Labute approximate surface area is 114 Å². The number of fused-ring (bicyclic) bond motifs is 1. The highest BCUT2D eigenvalue weighted by molar-refractivity contribution is 5.80. The molecule has 3 rings (SSSR count). The molecule has 1 aliphatic carbocycles. The molecule has 0 aliphatic heterocycles. The maximum Gasteiger partial charge on any atom is 0.133 e. The molecule has 0 spiro atoms. The zero-order valence-electron chi connectivity index (χ0n) is 11.4. The lowest BCUT2D eigenvalue weighted by Gasteiger charge is -2.08. The van der Waals surface area contributed by atoms with Crippen molar-refractivity contribution < 1.29 is 4.79 Å². The summed E-state index contributed by atoms with van der Waals surface area (Å²) in [6.07, 6.45) is 1.83. The van der Waals surface area contributed by atoms with E-state index in [0.29, 0.717) is 5.78 Å². The Morgan fingerprint density at radius 3 is 2.47 bits per heavy atom. The molecule has 0 radical (unpaired) electrons. The molecule has 0 fully saturated rings. The van der Waals surface area contributed by atoms with Crippen LogP contribution in [0.15, 0.2) is 42.5 Å². The van der Waals surface area contributed by atoms with Gasteiger partial charge in [-0.05, 0) is 54.5 Å². The molecule has 1 aliphatic rings. The Morgan fingerprint density at radius 2 is 1.79 bits per heavy atom. The minimum Gasteiger partial charge on any atom is -0.300 e. The maximum atomic E-state index is 11.6. The molecule has 0 bridgehead atoms. The number of ketones is 1. The van der Waals surface area contributed by atoms with E-state index in [9.17, 15) is 4.79 Å². The van der Waals surface area contributed by atoms with E-state index in [-0.39, 0.29) is 5.92 Å². The molecule has 1 heteroatoms. The third kappa shape index (κ3) is 2.21. The number of Topliss-reactive ketones (excluding diaryl/α,β-unsaturated/α-hetero) is 1. The van der Waals surface area contributed by atoms with Crippen LogP contribution in [0.5, 0.6) is 0 Å². The van der Waals surface area contributed by atoms with Crippen LogP contribution in [-0.4, -0.2) is 5.78 Å². The highest BCUT2D eigenvalue weighted by Gasteiger charge is 2.26. The first kappa shape index (κ1) is 12.2. The van der Waals surface area contributed by atoms with Gasteiger partial charge in [0.1, 0.15) is 5.78 Å². The predicted molar refractivity (Wildman–Crippen MR) is 78.2 cm³/mol. The number of aryl methyl sites for hydroxylation is 1. The molecule has 2 aromatic carbocycles. The van der Waals surface area contributed by atoms with Gasteiger partial charge >= 0.3 is 0 Å². The number of hydrogen-bond acceptors (Lipinski definition) is 1. The van der Waals surface area contributed by atoms with Crippen LogP contribution in [0.1, 0.15) is 23.6 Å². The van der Waals surface area contributed by atoms with E-state index < -0.39 is 0 Å². The van der Waals surface area contributed by atoms with Crippen LogP contribution in [0.3, 0.4) is 0 Å². The average molecular weight is 250 g/mol. The van der Waals surface area contributed by atoms with Gasteiger partial charge < -0.3 is 0 Å². The summed E-state index contributed by atoms with van der Waals surface area (Å²) in [6, 6.07) is 15.0. The second kappa shape index (κ2) is 4.65. The number of benzene rings is 2. The number of rotatable bonds is 2. The van der Waals surface area contributed by atoms with Gasteiger partial charge in [-0.15, -0.1) is 0 Å². The molecule has 0 N–H and O–H groups in total. The van der Waals surface area contributed by atoms with Crippen LogP contribution in [0.4, 0.5) is 0 Å². The topological polar surface area (TPSA) is 17.1 Å². The van der Waals surface area contributed by atoms with Gasteiger partial charge in [0, 0.05) is 5.92 Å². The first-order valence-electron chi connectivity index (χ1n) is 6.83. The van der Waals surface area contributed by atoms with Crippen LogP contribution in [0.2, 0.25) is 0 Å². The van der Waals surface area contributed by atoms with Crippen molar-refractivity contribution in [2.45, 2.75) is 26.7 Å². The van der Waals surface area contributed by atoms with Crippen molar-refractivity contribution >= 4 is 5.78 Å². The van der Waals surface area contributed by atoms with Gasteiger partial charge in [0.2, 0.25) is 0 Å². The molecular formula is C18H18O. The second-order valence-electron chi connectivity index (χ2n) is 5.51. The van der Waals surface area contributed by atoms with Crippen LogP contribution < -0.4 is 0 Å². The minimum atomic E-state index is 0.194. The molecule has 0 amide bonds. The van der Waals surface area contributed by atoms with E-state index in [0.717, 1.165) is 12.8 Å². The number of carbonyl (C=O) groups is 1. The fraction of sp³-hybridized carbons (Fsp3) is 0.278. The number of hydrogen-bond donors (Lipinski definition) is 0. The predicted octanol–water partition coefficient (Wildman–Crippen LogP) is 3.97. The summed E-state index contributed by atoms with van der Waals surface area (Å²) < 4.78 is 0. The largest absolute Gasteiger partial charge is 0.300 e. The van der Waals surface area contributed by atoms with Crippen molar-refractivity contribution in [3.05, 3.63) is 59.2 Å². The molecule has 1 atom stereocenters. The number of carbonyl (C=O) groups excluding carboxylic acids is 1. The van der Waals surface area contributed by atoms with E-state index in [1.165, 1.54) is 27.8 Å². The smallest absolute Gasteiger partial charge is 0.133 e. The van der Waals surface area contributed by atoms with Crippen molar-refractivity contribution in [3.8, 4) is 11.1 Å². The maximum absolute atomic E-state index is 11.6. The Kier molecular flexibility index (Phi) is 2.98. The molecular weight excluding hydrogens is 232 g/mol. The van der Waals surface area contributed by atoms with Crippen LogP contribution >= 0.6 is 0 Å². The van der Waals surface area contributed by atoms with Gasteiger partial charge in [0.25, 0.3) is 0 Å². The fourth-order valence-corrected chi connectivity index (χ4v) is 3.03. The molecule has 1 unspecified atom stereocenters. The average Bonchev–Trinajstić information content (AvgIpc) is 2.84. The van der Waals surface area contributed by atoms with Crippen molar-refractivity contribution in [3.63, 3.8) is 0 Å². The third-order valence-corrected chi connectivity index (χ3v) is 4.16. The molecule has 19 heavy (non-hydrogen) atoms. The minimum absolute atomic E-state index is 0.194. The lowest BCUT2D eigenvalue weighted by molar-refractivity contribution is -0.120. The molecule has 96 valence electrons. The fourth-order valence-electron chi connectivity index (χ4n) is 3.03. The molecule has 0 aromatic heterocycles. The van der Waals surface area contributed by atoms with Crippen molar-refractivity contribution in [2.75, 3.05) is 0 Å². The zero-order valence-corrected chi connectivity index (χ0v) is 11.4. The van der Waals surface area contributed by atoms with E-state index in [2.05, 4.69) is 43.3 Å². The van der Waals surface area contributed by atoms with Gasteiger partial charge in [-0.25, -0.2) is 0 Å². The molecule has 1 nitrogen and oxygen atoms in total. The quantitative estimate of drug-likeness (QED) is 0.788. The van der Waals surface area contributed by atoms with Crippen LogP contribution in [0.25, 0.3) is 11.1 Å². The standard InChI is InChI=1S/C18H18O/c1-12-8-16(14-6-4-3-5-7-14)10-17-9-15(13(2)19)11-18(12)17/h3-8,10,15H,9,11H2,1-2H3. The van der Waals surface area contributed by atoms with Crippen molar-refractivity contribution in [1.29, 1.82) is 0 Å². The van der Waals surface area contributed by atoms with Crippen LogP contribution in [0, 0.1) is 12.8 Å². The highest BCUT2D eigenvalue weighted by Crippen LogP contribution is 2.33. The summed E-state index contributed by atoms with van der Waals surface area (Å²) >= 11 is 0. The summed E-state index contributed by atoms with van der Waals surface area (Å²) in [6.45, 7) is 3.87. The zero-order chi connectivity index (χ0) is 13.4. The summed E-state index contributed by atoms with van der Waals surface area (Å²) in [5, 5.41) is 0. The first-order chi connectivity index (χ1) is 9.15. The van der Waals surface area contributed by atoms with Gasteiger partial charge in [-0.3, -0.25) is 4.79 Å². The normalized spacial score (nSPS) is 17.3. The Hall–Kier alpha value is -1.89. The SMILES string of the molecule is CC(=O)C1Cc2cc(-c3ccccc3)cc(C)c2C1. The van der Waals surface area contributed by atoms with Gasteiger partial charge in [0.15, 0.2) is 0 Å². The van der Waals surface area contributed by atoms with E-state index in [4.69, 9.17) is 0 Å². The van der Waals surface area contributed by atoms with Gasteiger partial charge in [0.05, 0.1) is 0 Å². The van der Waals surface area contributed by atoms with Crippen molar-refractivity contribution in [2.24, 2.45) is 5.92 Å². The Balaban J connectivity index is 2.03. The summed E-state index contributed by atoms with van der Waals surface area (Å²) in [7, 11) is 0. The summed E-state index contributed by atoms with van der Waals surface area (Å²) in [5.74, 6) is 0.511. The molecule has 2 aromatic rings. The lowest BCUT2D eigenvalue weighted by atomic mass is 9.96. The van der Waals surface area contributed by atoms with Gasteiger partial charge in [-0.2, -0.15) is 0 Å². The summed E-state index contributed by atoms with van der Waals surface area (Å²) in [4.78, 5) is 11.6. The van der Waals surface area contributed by atoms with E-state index >= 15 is 0 Å². The molecule has 0 saturated carbocycles. The lowest BCUT2D eigenvalue weighted by Crippen LogP contribution is -2.09.